The number of carbonyl (C=O) groups excluding carboxylic acids is 1. The summed E-state index contributed by atoms with van der Waals surface area (Å²) < 4.78 is 13.7. The number of hydrogen-bond donors (Lipinski definition) is 0. The Labute approximate surface area is 144 Å². The molecule has 2 aromatic carbocycles. The van der Waals surface area contributed by atoms with Crippen molar-refractivity contribution in [1.29, 1.82) is 0 Å². The van der Waals surface area contributed by atoms with Crippen molar-refractivity contribution < 1.29 is 9.18 Å². The summed E-state index contributed by atoms with van der Waals surface area (Å²) in [5, 5.41) is 0.407. The van der Waals surface area contributed by atoms with Crippen LogP contribution in [0.15, 0.2) is 42.5 Å². The van der Waals surface area contributed by atoms with Gasteiger partial charge in [0.15, 0.2) is 0 Å². The molecule has 0 bridgehead atoms. The molecule has 0 aliphatic carbocycles. The van der Waals surface area contributed by atoms with Gasteiger partial charge in [-0.15, -0.1) is 11.8 Å². The Kier molecular flexibility index (Phi) is 4.93. The summed E-state index contributed by atoms with van der Waals surface area (Å²) in [6.07, 6.45) is 0.881. The second-order valence-corrected chi connectivity index (χ2v) is 7.03. The third-order valence-corrected chi connectivity index (χ3v) is 5.31. The van der Waals surface area contributed by atoms with Gasteiger partial charge in [0.25, 0.3) is 0 Å². The molecule has 120 valence electrons. The lowest BCUT2D eigenvalue weighted by atomic mass is 10.1. The van der Waals surface area contributed by atoms with E-state index in [-0.39, 0.29) is 17.8 Å². The quantitative estimate of drug-likeness (QED) is 0.798. The highest BCUT2D eigenvalue weighted by Gasteiger charge is 2.30. The molecule has 0 spiro atoms. The summed E-state index contributed by atoms with van der Waals surface area (Å²) in [6.45, 7) is 2.05. The first-order valence-corrected chi connectivity index (χ1v) is 9.02. The molecule has 1 atom stereocenters. The van der Waals surface area contributed by atoms with E-state index in [4.69, 9.17) is 11.6 Å². The lowest BCUT2D eigenvalue weighted by molar-refractivity contribution is -0.116. The normalized spacial score (nSPS) is 16.5. The van der Waals surface area contributed by atoms with E-state index in [1.165, 1.54) is 23.4 Å². The molecule has 23 heavy (non-hydrogen) atoms. The molecule has 0 N–H and O–H groups in total. The maximum absolute atomic E-state index is 13.7. The van der Waals surface area contributed by atoms with Crippen molar-refractivity contribution in [3.05, 3.63) is 64.4 Å². The van der Waals surface area contributed by atoms with E-state index in [1.807, 2.05) is 23.1 Å². The van der Waals surface area contributed by atoms with E-state index in [0.29, 0.717) is 22.1 Å². The van der Waals surface area contributed by atoms with Crippen molar-refractivity contribution in [2.24, 2.45) is 0 Å². The Balaban J connectivity index is 1.64. The summed E-state index contributed by atoms with van der Waals surface area (Å²) in [5.74, 6) is 0.432. The SMILES string of the molecule is C[C@@H]1Cc2ccccc2N1C(=O)CSCc1c(F)cccc1Cl. The van der Waals surface area contributed by atoms with Crippen LogP contribution in [0.3, 0.4) is 0 Å². The minimum absolute atomic E-state index is 0.0555. The van der Waals surface area contributed by atoms with Crippen LogP contribution in [-0.2, 0) is 17.0 Å². The molecule has 0 fully saturated rings. The van der Waals surface area contributed by atoms with Gasteiger partial charge in [0.2, 0.25) is 5.91 Å². The van der Waals surface area contributed by atoms with Crippen LogP contribution in [0.5, 0.6) is 0 Å². The average molecular weight is 350 g/mol. The number of nitrogens with zero attached hydrogens (tertiary/aromatic N) is 1. The molecular weight excluding hydrogens is 333 g/mol. The van der Waals surface area contributed by atoms with E-state index in [0.717, 1.165) is 12.1 Å². The van der Waals surface area contributed by atoms with Crippen LogP contribution in [0.2, 0.25) is 5.02 Å². The number of amides is 1. The molecule has 0 radical (unpaired) electrons. The van der Waals surface area contributed by atoms with Crippen LogP contribution >= 0.6 is 23.4 Å². The molecule has 0 saturated heterocycles. The van der Waals surface area contributed by atoms with E-state index in [1.54, 1.807) is 12.1 Å². The van der Waals surface area contributed by atoms with Crippen LogP contribution in [0.1, 0.15) is 18.1 Å². The fraction of sp³-hybridized carbons (Fsp3) is 0.278. The molecule has 2 nitrogen and oxygen atoms in total. The first-order chi connectivity index (χ1) is 11.1. The highest BCUT2D eigenvalue weighted by Crippen LogP contribution is 2.32. The van der Waals surface area contributed by atoms with Gasteiger partial charge < -0.3 is 4.90 Å². The van der Waals surface area contributed by atoms with E-state index in [9.17, 15) is 9.18 Å². The number of hydrogen-bond acceptors (Lipinski definition) is 2. The van der Waals surface area contributed by atoms with Gasteiger partial charge in [-0.05, 0) is 37.1 Å². The zero-order chi connectivity index (χ0) is 16.4. The summed E-state index contributed by atoms with van der Waals surface area (Å²) >= 11 is 7.40. The van der Waals surface area contributed by atoms with Crippen molar-refractivity contribution in [2.75, 3.05) is 10.7 Å². The number of para-hydroxylation sites is 1. The summed E-state index contributed by atoms with van der Waals surface area (Å²) in [7, 11) is 0. The molecule has 2 aromatic rings. The van der Waals surface area contributed by atoms with Crippen molar-refractivity contribution >= 4 is 35.0 Å². The number of anilines is 1. The van der Waals surface area contributed by atoms with Crippen LogP contribution in [0, 0.1) is 5.82 Å². The molecular formula is C18H17ClFNOS. The van der Waals surface area contributed by atoms with Gasteiger partial charge in [-0.25, -0.2) is 4.39 Å². The highest BCUT2D eigenvalue weighted by molar-refractivity contribution is 7.99. The first kappa shape index (κ1) is 16.3. The lowest BCUT2D eigenvalue weighted by Crippen LogP contribution is -2.37. The molecule has 0 unspecified atom stereocenters. The smallest absolute Gasteiger partial charge is 0.237 e. The highest BCUT2D eigenvalue weighted by atomic mass is 35.5. The van der Waals surface area contributed by atoms with Gasteiger partial charge in [0.1, 0.15) is 5.82 Å². The second kappa shape index (κ2) is 6.93. The number of benzene rings is 2. The zero-order valence-corrected chi connectivity index (χ0v) is 14.3. The maximum atomic E-state index is 13.7. The van der Waals surface area contributed by atoms with Gasteiger partial charge in [-0.2, -0.15) is 0 Å². The predicted molar refractivity (Wildman–Crippen MR) is 94.7 cm³/mol. The minimum atomic E-state index is -0.322. The number of halogens is 2. The van der Waals surface area contributed by atoms with Crippen LogP contribution in [0.25, 0.3) is 0 Å². The fourth-order valence-electron chi connectivity index (χ4n) is 2.93. The molecule has 1 aliphatic rings. The van der Waals surface area contributed by atoms with Gasteiger partial charge >= 0.3 is 0 Å². The molecule has 1 heterocycles. The Morgan fingerprint density at radius 3 is 2.87 bits per heavy atom. The molecule has 0 aromatic heterocycles. The predicted octanol–water partition coefficient (Wildman–Crippen LogP) is 4.69. The van der Waals surface area contributed by atoms with Gasteiger partial charge in [0.05, 0.1) is 5.75 Å². The topological polar surface area (TPSA) is 20.3 Å². The van der Waals surface area contributed by atoms with E-state index < -0.39 is 0 Å². The van der Waals surface area contributed by atoms with Crippen molar-refractivity contribution in [3.63, 3.8) is 0 Å². The number of rotatable bonds is 4. The monoisotopic (exact) mass is 349 g/mol. The molecule has 1 aliphatic heterocycles. The van der Waals surface area contributed by atoms with E-state index in [2.05, 4.69) is 13.0 Å². The zero-order valence-electron chi connectivity index (χ0n) is 12.8. The van der Waals surface area contributed by atoms with Crippen molar-refractivity contribution in [2.45, 2.75) is 25.1 Å². The van der Waals surface area contributed by atoms with Gasteiger partial charge in [-0.3, -0.25) is 4.79 Å². The van der Waals surface area contributed by atoms with Crippen LogP contribution in [0.4, 0.5) is 10.1 Å². The molecule has 3 rings (SSSR count). The Bertz CT molecular complexity index is 716. The van der Waals surface area contributed by atoms with Crippen LogP contribution in [-0.4, -0.2) is 17.7 Å². The standard InChI is InChI=1S/C18H17ClFNOS/c1-12-9-13-5-2-3-8-17(13)21(12)18(22)11-23-10-14-15(19)6-4-7-16(14)20/h2-8,12H,9-11H2,1H3/t12-/m1/s1. The van der Waals surface area contributed by atoms with Gasteiger partial charge in [-0.1, -0.05) is 35.9 Å². The average Bonchev–Trinajstić information content (AvgIpc) is 2.86. The van der Waals surface area contributed by atoms with E-state index >= 15 is 0 Å². The Morgan fingerprint density at radius 2 is 2.09 bits per heavy atom. The van der Waals surface area contributed by atoms with Crippen molar-refractivity contribution in [3.8, 4) is 0 Å². The Hall–Kier alpha value is -1.52. The number of carbonyl (C=O) groups is 1. The maximum Gasteiger partial charge on any atom is 0.237 e. The third kappa shape index (κ3) is 3.38. The van der Waals surface area contributed by atoms with Crippen LogP contribution < -0.4 is 4.90 Å². The summed E-state index contributed by atoms with van der Waals surface area (Å²) in [4.78, 5) is 14.4. The Morgan fingerprint density at radius 1 is 1.30 bits per heavy atom. The summed E-state index contributed by atoms with van der Waals surface area (Å²) in [5.41, 5.74) is 2.66. The minimum Gasteiger partial charge on any atom is -0.308 e. The molecule has 0 saturated carbocycles. The largest absolute Gasteiger partial charge is 0.308 e. The fourth-order valence-corrected chi connectivity index (χ4v) is 4.15. The lowest BCUT2D eigenvalue weighted by Gasteiger charge is -2.22. The second-order valence-electron chi connectivity index (χ2n) is 5.64. The molecule has 1 amide bonds. The first-order valence-electron chi connectivity index (χ1n) is 7.48. The van der Waals surface area contributed by atoms with Crippen molar-refractivity contribution in [1.82, 2.24) is 0 Å². The molecule has 5 heteroatoms. The summed E-state index contributed by atoms with van der Waals surface area (Å²) in [6, 6.07) is 12.8. The number of thioether (sulfide) groups is 1. The van der Waals surface area contributed by atoms with Gasteiger partial charge in [0, 0.05) is 28.1 Å². The number of fused-ring (bicyclic) bond motifs is 1. The third-order valence-electron chi connectivity index (χ3n) is 4.01.